The van der Waals surface area contributed by atoms with Crippen LogP contribution in [0.3, 0.4) is 0 Å². The normalized spacial score (nSPS) is 17.6. The average Bonchev–Trinajstić information content (AvgIpc) is 3.33. The molecule has 1 aromatic heterocycles. The summed E-state index contributed by atoms with van der Waals surface area (Å²) in [5.41, 5.74) is 4.08. The van der Waals surface area contributed by atoms with E-state index >= 15 is 0 Å². The zero-order valence-electron chi connectivity index (χ0n) is 16.0. The summed E-state index contributed by atoms with van der Waals surface area (Å²) in [6, 6.07) is 18.2. The number of rotatable bonds is 5. The molecule has 0 radical (unpaired) electrons. The lowest BCUT2D eigenvalue weighted by atomic mass is 9.80. The van der Waals surface area contributed by atoms with E-state index in [2.05, 4.69) is 24.3 Å². The molecule has 2 aromatic carbocycles. The van der Waals surface area contributed by atoms with E-state index in [0.717, 1.165) is 39.8 Å². The molecule has 2 aliphatic carbocycles. The Morgan fingerprint density at radius 3 is 2.21 bits per heavy atom. The first kappa shape index (κ1) is 17.9. The molecule has 2 fully saturated rings. The highest BCUT2D eigenvalue weighted by molar-refractivity contribution is 7.17. The van der Waals surface area contributed by atoms with E-state index < -0.39 is 0 Å². The van der Waals surface area contributed by atoms with Crippen LogP contribution in [0.25, 0.3) is 21.6 Å². The Balaban J connectivity index is 1.34. The van der Waals surface area contributed by atoms with Gasteiger partial charge in [-0.2, -0.15) is 0 Å². The third-order valence-electron chi connectivity index (χ3n) is 6.22. The summed E-state index contributed by atoms with van der Waals surface area (Å²) >= 11 is 1.54. The Morgan fingerprint density at radius 1 is 0.786 bits per heavy atom. The molecule has 0 bridgehead atoms. The molecule has 2 saturated carbocycles. The van der Waals surface area contributed by atoms with Gasteiger partial charge >= 0.3 is 0 Å². The van der Waals surface area contributed by atoms with Crippen LogP contribution < -0.4 is 4.74 Å². The van der Waals surface area contributed by atoms with E-state index in [9.17, 15) is 4.39 Å². The number of halogens is 1. The zero-order valence-corrected chi connectivity index (χ0v) is 16.8. The van der Waals surface area contributed by atoms with Gasteiger partial charge in [-0.1, -0.05) is 48.1 Å². The lowest BCUT2D eigenvalue weighted by Gasteiger charge is -2.25. The molecule has 5 rings (SSSR count). The molecule has 28 heavy (non-hydrogen) atoms. The highest BCUT2D eigenvalue weighted by Crippen LogP contribution is 2.39. The quantitative estimate of drug-likeness (QED) is 0.430. The first-order chi connectivity index (χ1) is 13.8. The largest absolute Gasteiger partial charge is 0.481 e. The van der Waals surface area contributed by atoms with Gasteiger partial charge in [-0.3, -0.25) is 0 Å². The molecule has 3 aromatic rings. The highest BCUT2D eigenvalue weighted by Gasteiger charge is 2.20. The van der Waals surface area contributed by atoms with Gasteiger partial charge in [0.2, 0.25) is 0 Å². The maximum Gasteiger partial charge on any atom is 0.174 e. The van der Waals surface area contributed by atoms with Crippen LogP contribution in [-0.4, -0.2) is 6.10 Å². The summed E-state index contributed by atoms with van der Waals surface area (Å²) in [7, 11) is 0. The van der Waals surface area contributed by atoms with Gasteiger partial charge in [0.05, 0.1) is 6.10 Å². The summed E-state index contributed by atoms with van der Waals surface area (Å²) in [4.78, 5) is 0.928. The fraction of sp³-hybridized carbons (Fsp3) is 0.360. The van der Waals surface area contributed by atoms with E-state index in [0.29, 0.717) is 11.7 Å². The monoisotopic (exact) mass is 392 g/mol. The smallest absolute Gasteiger partial charge is 0.174 e. The van der Waals surface area contributed by atoms with Gasteiger partial charge in [0.1, 0.15) is 5.82 Å². The Kier molecular flexibility index (Phi) is 4.94. The summed E-state index contributed by atoms with van der Waals surface area (Å²) in [6.45, 7) is 0. The summed E-state index contributed by atoms with van der Waals surface area (Å²) in [5.74, 6) is 0.558. The summed E-state index contributed by atoms with van der Waals surface area (Å²) in [6.07, 6.45) is 9.05. The van der Waals surface area contributed by atoms with Crippen molar-refractivity contribution >= 4 is 11.3 Å². The van der Waals surface area contributed by atoms with Crippen molar-refractivity contribution in [2.75, 3.05) is 0 Å². The molecule has 0 N–H and O–H groups in total. The summed E-state index contributed by atoms with van der Waals surface area (Å²) < 4.78 is 20.9. The van der Waals surface area contributed by atoms with Crippen LogP contribution in [-0.2, 0) is 0 Å². The van der Waals surface area contributed by atoms with E-state index in [1.54, 1.807) is 17.4 Å². The minimum atomic E-state index is -0.171. The Bertz CT molecular complexity index is 949. The van der Waals surface area contributed by atoms with Crippen molar-refractivity contribution in [1.29, 1.82) is 0 Å². The van der Waals surface area contributed by atoms with Crippen LogP contribution in [0.5, 0.6) is 5.06 Å². The van der Waals surface area contributed by atoms with Crippen molar-refractivity contribution in [3.05, 3.63) is 66.0 Å². The fourth-order valence-corrected chi connectivity index (χ4v) is 5.23. The summed E-state index contributed by atoms with van der Waals surface area (Å²) in [5, 5.41) is 0.900. The van der Waals surface area contributed by atoms with E-state index in [4.69, 9.17) is 4.74 Å². The molecule has 2 aliphatic rings. The second-order valence-electron chi connectivity index (χ2n) is 8.09. The van der Waals surface area contributed by atoms with E-state index in [1.807, 2.05) is 24.3 Å². The van der Waals surface area contributed by atoms with E-state index in [1.165, 1.54) is 37.7 Å². The highest BCUT2D eigenvalue weighted by atomic mass is 32.1. The molecule has 1 heterocycles. The van der Waals surface area contributed by atoms with Crippen LogP contribution >= 0.6 is 11.3 Å². The Labute approximate surface area is 170 Å². The molecular weight excluding hydrogens is 367 g/mol. The average molecular weight is 393 g/mol. The van der Waals surface area contributed by atoms with Gasteiger partial charge in [-0.25, -0.2) is 4.39 Å². The van der Waals surface area contributed by atoms with Crippen LogP contribution in [0.4, 0.5) is 4.39 Å². The van der Waals surface area contributed by atoms with Crippen molar-refractivity contribution < 1.29 is 9.13 Å². The third kappa shape index (κ3) is 3.60. The predicted molar refractivity (Wildman–Crippen MR) is 115 cm³/mol. The van der Waals surface area contributed by atoms with E-state index in [-0.39, 0.29) is 5.82 Å². The standard InChI is InChI=1S/C25H25FOS/c26-23-16-20(19-10-8-18(9-11-19)17-4-3-5-17)12-13-22(23)24-14-15-25(28-24)27-21-6-1-2-7-21/h8-17,21H,1-7H2. The van der Waals surface area contributed by atoms with Crippen LogP contribution in [0.1, 0.15) is 56.4 Å². The number of benzene rings is 2. The maximum atomic E-state index is 14.9. The Hall–Kier alpha value is -2.13. The zero-order chi connectivity index (χ0) is 18.9. The number of ether oxygens (including phenoxy) is 1. The second kappa shape index (κ2) is 7.71. The van der Waals surface area contributed by atoms with Crippen molar-refractivity contribution in [3.8, 4) is 26.6 Å². The van der Waals surface area contributed by atoms with Crippen molar-refractivity contribution in [2.24, 2.45) is 0 Å². The molecule has 0 amide bonds. The van der Waals surface area contributed by atoms with Crippen LogP contribution in [0.15, 0.2) is 54.6 Å². The van der Waals surface area contributed by atoms with Gasteiger partial charge in [-0.05, 0) is 85.4 Å². The first-order valence-electron chi connectivity index (χ1n) is 10.4. The second-order valence-corrected chi connectivity index (χ2v) is 9.13. The minimum Gasteiger partial charge on any atom is -0.481 e. The maximum absolute atomic E-state index is 14.9. The molecule has 144 valence electrons. The van der Waals surface area contributed by atoms with Gasteiger partial charge < -0.3 is 4.74 Å². The van der Waals surface area contributed by atoms with Gasteiger partial charge in [0.25, 0.3) is 0 Å². The molecule has 0 unspecified atom stereocenters. The molecular formula is C25H25FOS. The topological polar surface area (TPSA) is 9.23 Å². The van der Waals surface area contributed by atoms with Gasteiger partial charge in [0.15, 0.2) is 5.06 Å². The molecule has 3 heteroatoms. The van der Waals surface area contributed by atoms with Crippen molar-refractivity contribution in [3.63, 3.8) is 0 Å². The van der Waals surface area contributed by atoms with Gasteiger partial charge in [-0.15, -0.1) is 0 Å². The van der Waals surface area contributed by atoms with Crippen molar-refractivity contribution in [2.45, 2.75) is 57.0 Å². The third-order valence-corrected chi connectivity index (χ3v) is 7.23. The van der Waals surface area contributed by atoms with Gasteiger partial charge in [0, 0.05) is 10.4 Å². The van der Waals surface area contributed by atoms with Crippen molar-refractivity contribution in [1.82, 2.24) is 0 Å². The SMILES string of the molecule is Fc1cc(-c2ccc(C3CCC3)cc2)ccc1-c1ccc(OC2CCCC2)s1. The fourth-order valence-electron chi connectivity index (χ4n) is 4.28. The minimum absolute atomic E-state index is 0.171. The molecule has 0 aliphatic heterocycles. The number of hydrogen-bond donors (Lipinski definition) is 0. The molecule has 0 atom stereocenters. The lowest BCUT2D eigenvalue weighted by Crippen LogP contribution is -2.09. The number of thiophene rings is 1. The first-order valence-corrected chi connectivity index (χ1v) is 11.2. The molecule has 0 spiro atoms. The molecule has 0 saturated heterocycles. The Morgan fingerprint density at radius 2 is 1.54 bits per heavy atom. The van der Waals surface area contributed by atoms with Crippen LogP contribution in [0, 0.1) is 5.82 Å². The lowest BCUT2D eigenvalue weighted by molar-refractivity contribution is 0.217. The predicted octanol–water partition coefficient (Wildman–Crippen LogP) is 7.81. The van der Waals surface area contributed by atoms with Crippen LogP contribution in [0.2, 0.25) is 0 Å². The number of hydrogen-bond acceptors (Lipinski definition) is 2. The molecule has 1 nitrogen and oxygen atoms in total.